The fourth-order valence-corrected chi connectivity index (χ4v) is 5.24. The van der Waals surface area contributed by atoms with Crippen molar-refractivity contribution in [2.75, 3.05) is 18.4 Å². The first kappa shape index (κ1) is 21.6. The van der Waals surface area contributed by atoms with E-state index in [4.69, 9.17) is 0 Å². The molecule has 7 nitrogen and oxygen atoms in total. The van der Waals surface area contributed by atoms with Crippen molar-refractivity contribution in [2.24, 2.45) is 5.92 Å². The third-order valence-corrected chi connectivity index (χ3v) is 7.07. The highest BCUT2D eigenvalue weighted by Crippen LogP contribution is 2.30. The molecule has 1 unspecified atom stereocenters. The maximum atomic E-state index is 13.0. The van der Waals surface area contributed by atoms with E-state index in [1.165, 1.54) is 18.4 Å². The standard InChI is InChI=1S/C26H30N4O3/c31-24-8-7-23(25(32)29-24)30-16-22-19(4-2-6-21(22)26(30)33)15-28-20-5-1-3-18(14-20)13-17-9-11-27-12-10-17/h1-6,14,17,23,27-28H,7-13,15-16H2,(H,29,31,32). The second kappa shape index (κ2) is 9.35. The Labute approximate surface area is 193 Å². The Bertz CT molecular complexity index is 1080. The minimum Gasteiger partial charge on any atom is -0.381 e. The lowest BCUT2D eigenvalue weighted by Gasteiger charge is -2.29. The van der Waals surface area contributed by atoms with Gasteiger partial charge in [0.2, 0.25) is 11.8 Å². The quantitative estimate of drug-likeness (QED) is 0.594. The van der Waals surface area contributed by atoms with Crippen LogP contribution in [0.15, 0.2) is 42.5 Å². The summed E-state index contributed by atoms with van der Waals surface area (Å²) in [6.07, 6.45) is 4.20. The van der Waals surface area contributed by atoms with Gasteiger partial charge in [0.05, 0.1) is 0 Å². The Morgan fingerprint density at radius 2 is 1.82 bits per heavy atom. The van der Waals surface area contributed by atoms with E-state index >= 15 is 0 Å². The van der Waals surface area contributed by atoms with Crippen molar-refractivity contribution in [2.45, 2.75) is 51.2 Å². The first-order valence-electron chi connectivity index (χ1n) is 11.9. The molecule has 0 radical (unpaired) electrons. The first-order chi connectivity index (χ1) is 16.1. The van der Waals surface area contributed by atoms with E-state index in [2.05, 4.69) is 40.2 Å². The molecule has 3 amide bonds. The molecule has 33 heavy (non-hydrogen) atoms. The van der Waals surface area contributed by atoms with Crippen LogP contribution < -0.4 is 16.0 Å². The third kappa shape index (κ3) is 4.64. The summed E-state index contributed by atoms with van der Waals surface area (Å²) >= 11 is 0. The Hall–Kier alpha value is -3.19. The maximum absolute atomic E-state index is 13.0. The lowest BCUT2D eigenvalue weighted by molar-refractivity contribution is -0.136. The molecule has 0 saturated carbocycles. The molecule has 5 rings (SSSR count). The van der Waals surface area contributed by atoms with Crippen molar-refractivity contribution >= 4 is 23.4 Å². The van der Waals surface area contributed by atoms with Gasteiger partial charge in [-0.15, -0.1) is 0 Å². The van der Waals surface area contributed by atoms with Gasteiger partial charge in [0.15, 0.2) is 0 Å². The molecule has 3 heterocycles. The molecule has 1 atom stereocenters. The summed E-state index contributed by atoms with van der Waals surface area (Å²) in [5.41, 5.74) is 5.10. The van der Waals surface area contributed by atoms with E-state index in [1.54, 1.807) is 4.90 Å². The molecule has 0 aromatic heterocycles. The van der Waals surface area contributed by atoms with Gasteiger partial charge >= 0.3 is 0 Å². The van der Waals surface area contributed by atoms with Crippen molar-refractivity contribution in [3.05, 3.63) is 64.7 Å². The average molecular weight is 447 g/mol. The smallest absolute Gasteiger partial charge is 0.255 e. The predicted molar refractivity (Wildman–Crippen MR) is 126 cm³/mol. The lowest BCUT2D eigenvalue weighted by Crippen LogP contribution is -2.52. The molecule has 2 aromatic carbocycles. The molecule has 0 bridgehead atoms. The summed E-state index contributed by atoms with van der Waals surface area (Å²) in [6, 6.07) is 13.8. The summed E-state index contributed by atoms with van der Waals surface area (Å²) in [7, 11) is 0. The summed E-state index contributed by atoms with van der Waals surface area (Å²) in [5.74, 6) is -0.0428. The second-order valence-corrected chi connectivity index (χ2v) is 9.29. The van der Waals surface area contributed by atoms with Gasteiger partial charge in [-0.1, -0.05) is 24.3 Å². The highest BCUT2D eigenvalue weighted by atomic mass is 16.2. The number of carbonyl (C=O) groups is 3. The van der Waals surface area contributed by atoms with Crippen LogP contribution in [0.3, 0.4) is 0 Å². The van der Waals surface area contributed by atoms with Crippen LogP contribution in [0.2, 0.25) is 0 Å². The minimum atomic E-state index is -0.588. The molecular weight excluding hydrogens is 416 g/mol. The Kier molecular flexibility index (Phi) is 6.13. The molecule has 3 N–H and O–H groups in total. The predicted octanol–water partition coefficient (Wildman–Crippen LogP) is 2.60. The van der Waals surface area contributed by atoms with E-state index in [1.807, 2.05) is 18.2 Å². The summed E-state index contributed by atoms with van der Waals surface area (Å²) in [6.45, 7) is 3.22. The number of imide groups is 1. The Morgan fingerprint density at radius 1 is 1.00 bits per heavy atom. The largest absolute Gasteiger partial charge is 0.381 e. The number of benzene rings is 2. The van der Waals surface area contributed by atoms with E-state index < -0.39 is 6.04 Å². The molecule has 0 aliphatic carbocycles. The number of anilines is 1. The number of carbonyl (C=O) groups excluding carboxylic acids is 3. The van der Waals surface area contributed by atoms with Crippen LogP contribution in [-0.2, 0) is 29.1 Å². The third-order valence-electron chi connectivity index (χ3n) is 7.07. The van der Waals surface area contributed by atoms with Crippen LogP contribution in [0.25, 0.3) is 0 Å². The molecule has 3 aliphatic heterocycles. The summed E-state index contributed by atoms with van der Waals surface area (Å²) in [4.78, 5) is 38.4. The number of hydrogen-bond acceptors (Lipinski definition) is 5. The van der Waals surface area contributed by atoms with Crippen LogP contribution in [-0.4, -0.2) is 41.8 Å². The van der Waals surface area contributed by atoms with Crippen LogP contribution in [0.5, 0.6) is 0 Å². The van der Waals surface area contributed by atoms with Gasteiger partial charge < -0.3 is 15.5 Å². The number of nitrogens with one attached hydrogen (secondary N) is 3. The highest BCUT2D eigenvalue weighted by Gasteiger charge is 2.39. The van der Waals surface area contributed by atoms with Gasteiger partial charge in [0.25, 0.3) is 5.91 Å². The van der Waals surface area contributed by atoms with Gasteiger partial charge in [-0.3, -0.25) is 19.7 Å². The Balaban J connectivity index is 1.26. The van der Waals surface area contributed by atoms with E-state index in [9.17, 15) is 14.4 Å². The fourth-order valence-electron chi connectivity index (χ4n) is 5.24. The zero-order valence-corrected chi connectivity index (χ0v) is 18.7. The van der Waals surface area contributed by atoms with Crippen molar-refractivity contribution in [3.8, 4) is 0 Å². The van der Waals surface area contributed by atoms with E-state index in [-0.39, 0.29) is 24.1 Å². The summed E-state index contributed by atoms with van der Waals surface area (Å²) < 4.78 is 0. The number of piperidine rings is 2. The maximum Gasteiger partial charge on any atom is 0.255 e. The minimum absolute atomic E-state index is 0.134. The normalized spacial score (nSPS) is 21.2. The topological polar surface area (TPSA) is 90.5 Å². The molecule has 0 spiro atoms. The molecular formula is C26H30N4O3. The zero-order chi connectivity index (χ0) is 22.8. The SMILES string of the molecule is O=C1CCC(N2Cc3c(CNc4cccc(CC5CCNCC5)c4)cccc3C2=O)C(=O)N1. The number of rotatable bonds is 6. The van der Waals surface area contributed by atoms with Crippen LogP contribution in [0, 0.1) is 5.92 Å². The van der Waals surface area contributed by atoms with Crippen molar-refractivity contribution in [3.63, 3.8) is 0 Å². The Morgan fingerprint density at radius 3 is 2.64 bits per heavy atom. The van der Waals surface area contributed by atoms with Crippen LogP contribution in [0.1, 0.15) is 52.7 Å². The fraction of sp³-hybridized carbons (Fsp3) is 0.423. The lowest BCUT2D eigenvalue weighted by atomic mass is 9.91. The highest BCUT2D eigenvalue weighted by molar-refractivity contribution is 6.05. The van der Waals surface area contributed by atoms with Gasteiger partial charge in [-0.25, -0.2) is 0 Å². The number of nitrogens with zero attached hydrogens (tertiary/aromatic N) is 1. The first-order valence-corrected chi connectivity index (χ1v) is 11.9. The number of hydrogen-bond donors (Lipinski definition) is 3. The van der Waals surface area contributed by atoms with Gasteiger partial charge in [-0.05, 0) is 79.6 Å². The molecule has 2 saturated heterocycles. The van der Waals surface area contributed by atoms with Gasteiger partial charge in [0, 0.05) is 30.8 Å². The van der Waals surface area contributed by atoms with Crippen LogP contribution >= 0.6 is 0 Å². The number of amides is 3. The van der Waals surface area contributed by atoms with E-state index in [0.29, 0.717) is 25.1 Å². The average Bonchev–Trinajstić information content (AvgIpc) is 3.15. The zero-order valence-electron chi connectivity index (χ0n) is 18.7. The van der Waals surface area contributed by atoms with Crippen molar-refractivity contribution < 1.29 is 14.4 Å². The van der Waals surface area contributed by atoms with Crippen molar-refractivity contribution in [1.29, 1.82) is 0 Å². The monoisotopic (exact) mass is 446 g/mol. The van der Waals surface area contributed by atoms with Gasteiger partial charge in [0.1, 0.15) is 6.04 Å². The number of fused-ring (bicyclic) bond motifs is 1. The van der Waals surface area contributed by atoms with Crippen molar-refractivity contribution in [1.82, 2.24) is 15.5 Å². The molecule has 172 valence electrons. The summed E-state index contributed by atoms with van der Waals surface area (Å²) in [5, 5.41) is 9.31. The van der Waals surface area contributed by atoms with Gasteiger partial charge in [-0.2, -0.15) is 0 Å². The molecule has 2 fully saturated rings. The second-order valence-electron chi connectivity index (χ2n) is 9.29. The molecule has 7 heteroatoms. The molecule has 2 aromatic rings. The van der Waals surface area contributed by atoms with E-state index in [0.717, 1.165) is 42.2 Å². The van der Waals surface area contributed by atoms with Crippen LogP contribution in [0.4, 0.5) is 5.69 Å². The molecule has 3 aliphatic rings.